The lowest BCUT2D eigenvalue weighted by Crippen LogP contribution is -1.99. The van der Waals surface area contributed by atoms with E-state index in [0.717, 1.165) is 0 Å². The Morgan fingerprint density at radius 1 is 1.26 bits per heavy atom. The molecule has 1 aromatic carbocycles. The Kier molecular flexibility index (Phi) is 3.48. The van der Waals surface area contributed by atoms with Crippen LogP contribution in [0.25, 0.3) is 0 Å². The highest BCUT2D eigenvalue weighted by Crippen LogP contribution is 2.29. The number of ether oxygens (including phenoxy) is 2. The monoisotopic (exact) mass is 256 g/mol. The summed E-state index contributed by atoms with van der Waals surface area (Å²) in [5, 5.41) is 8.84. The van der Waals surface area contributed by atoms with Crippen LogP contribution in [-0.2, 0) is 0 Å². The summed E-state index contributed by atoms with van der Waals surface area (Å²) in [6.45, 7) is 1.76. The number of nitrogen functional groups attached to an aromatic ring is 1. The van der Waals surface area contributed by atoms with Gasteiger partial charge in [0, 0.05) is 11.8 Å². The summed E-state index contributed by atoms with van der Waals surface area (Å²) < 4.78 is 10.5. The molecule has 0 amide bonds. The number of rotatable bonds is 3. The number of nitrogens with zero attached hydrogens (tertiary/aromatic N) is 3. The molecular weight excluding hydrogens is 244 g/mol. The largest absolute Gasteiger partial charge is 0.497 e. The number of aryl methyl sites for hydroxylation is 1. The molecule has 1 heterocycles. The number of nitrogens with two attached hydrogens (primary N) is 1. The molecule has 0 spiro atoms. The van der Waals surface area contributed by atoms with Crippen molar-refractivity contribution >= 4 is 5.69 Å². The van der Waals surface area contributed by atoms with Gasteiger partial charge in [-0.15, -0.1) is 0 Å². The van der Waals surface area contributed by atoms with Gasteiger partial charge in [0.2, 0.25) is 0 Å². The van der Waals surface area contributed by atoms with Gasteiger partial charge in [-0.25, -0.2) is 4.98 Å². The van der Waals surface area contributed by atoms with E-state index >= 15 is 0 Å². The van der Waals surface area contributed by atoms with Crippen LogP contribution in [0.3, 0.4) is 0 Å². The van der Waals surface area contributed by atoms with Crippen LogP contribution in [0, 0.1) is 18.3 Å². The molecular formula is C13H12N4O2. The van der Waals surface area contributed by atoms with E-state index in [9.17, 15) is 0 Å². The molecule has 0 bridgehead atoms. The van der Waals surface area contributed by atoms with Crippen molar-refractivity contribution in [2.45, 2.75) is 6.92 Å². The van der Waals surface area contributed by atoms with Crippen LogP contribution in [0.5, 0.6) is 17.5 Å². The van der Waals surface area contributed by atoms with Crippen molar-refractivity contribution in [1.29, 1.82) is 5.26 Å². The van der Waals surface area contributed by atoms with Crippen molar-refractivity contribution in [2.75, 3.05) is 12.8 Å². The molecule has 0 saturated heterocycles. The molecule has 6 nitrogen and oxygen atoms in total. The van der Waals surface area contributed by atoms with Crippen molar-refractivity contribution in [3.05, 3.63) is 35.7 Å². The zero-order chi connectivity index (χ0) is 13.8. The van der Waals surface area contributed by atoms with Crippen molar-refractivity contribution in [3.8, 4) is 23.6 Å². The number of benzene rings is 1. The Morgan fingerprint density at radius 2 is 2.05 bits per heavy atom. The number of nitriles is 1. The molecule has 0 aliphatic rings. The van der Waals surface area contributed by atoms with Crippen molar-refractivity contribution in [1.82, 2.24) is 9.97 Å². The van der Waals surface area contributed by atoms with Gasteiger partial charge in [-0.3, -0.25) is 0 Å². The number of hydrogen-bond acceptors (Lipinski definition) is 6. The highest BCUT2D eigenvalue weighted by Gasteiger charge is 2.08. The molecule has 0 atom stereocenters. The van der Waals surface area contributed by atoms with E-state index in [1.807, 2.05) is 6.07 Å². The van der Waals surface area contributed by atoms with Crippen LogP contribution >= 0.6 is 0 Å². The third kappa shape index (κ3) is 2.90. The SMILES string of the molecule is COc1ccc(Oc2nc(C)cc(C#N)n2)c(N)c1. The molecule has 0 unspecified atom stereocenters. The van der Waals surface area contributed by atoms with Gasteiger partial charge in [-0.2, -0.15) is 10.2 Å². The molecule has 2 rings (SSSR count). The van der Waals surface area contributed by atoms with Gasteiger partial charge >= 0.3 is 6.01 Å². The van der Waals surface area contributed by atoms with Crippen molar-refractivity contribution in [2.24, 2.45) is 0 Å². The van der Waals surface area contributed by atoms with Gasteiger partial charge in [-0.05, 0) is 25.1 Å². The average molecular weight is 256 g/mol. The van der Waals surface area contributed by atoms with E-state index in [0.29, 0.717) is 22.9 Å². The maximum atomic E-state index is 8.84. The Hall–Kier alpha value is -2.81. The minimum Gasteiger partial charge on any atom is -0.497 e. The summed E-state index contributed by atoms with van der Waals surface area (Å²) in [4.78, 5) is 8.04. The van der Waals surface area contributed by atoms with Gasteiger partial charge in [0.05, 0.1) is 12.8 Å². The fraction of sp³-hybridized carbons (Fsp3) is 0.154. The van der Waals surface area contributed by atoms with Crippen molar-refractivity contribution < 1.29 is 9.47 Å². The standard InChI is InChI=1S/C13H12N4O2/c1-8-5-9(7-14)17-13(16-8)19-12-4-3-10(18-2)6-11(12)15/h3-6H,15H2,1-2H3. The van der Waals surface area contributed by atoms with Gasteiger partial charge in [0.15, 0.2) is 5.75 Å². The zero-order valence-electron chi connectivity index (χ0n) is 10.5. The van der Waals surface area contributed by atoms with E-state index in [2.05, 4.69) is 9.97 Å². The molecule has 0 fully saturated rings. The highest BCUT2D eigenvalue weighted by atomic mass is 16.5. The number of aromatic nitrogens is 2. The average Bonchev–Trinajstić information content (AvgIpc) is 2.40. The second-order valence-corrected chi connectivity index (χ2v) is 3.79. The fourth-order valence-electron chi connectivity index (χ4n) is 1.49. The van der Waals surface area contributed by atoms with Gasteiger partial charge in [0.1, 0.15) is 17.5 Å². The van der Waals surface area contributed by atoms with Gasteiger partial charge in [-0.1, -0.05) is 0 Å². The van der Waals surface area contributed by atoms with Crippen LogP contribution < -0.4 is 15.2 Å². The second-order valence-electron chi connectivity index (χ2n) is 3.79. The molecule has 96 valence electrons. The predicted octanol–water partition coefficient (Wildman–Crippen LogP) is 2.04. The van der Waals surface area contributed by atoms with Crippen LogP contribution in [-0.4, -0.2) is 17.1 Å². The Labute approximate surface area is 110 Å². The first kappa shape index (κ1) is 12.6. The second kappa shape index (κ2) is 5.23. The number of methoxy groups -OCH3 is 1. The third-order valence-corrected chi connectivity index (χ3v) is 2.37. The number of anilines is 1. The minimum atomic E-state index is 0.0911. The summed E-state index contributed by atoms with van der Waals surface area (Å²) in [7, 11) is 1.55. The lowest BCUT2D eigenvalue weighted by Gasteiger charge is -2.08. The molecule has 1 aromatic heterocycles. The van der Waals surface area contributed by atoms with E-state index < -0.39 is 0 Å². The molecule has 2 aromatic rings. The van der Waals surface area contributed by atoms with Crippen LogP contribution in [0.4, 0.5) is 5.69 Å². The topological polar surface area (TPSA) is 94.0 Å². The van der Waals surface area contributed by atoms with E-state index in [1.54, 1.807) is 38.3 Å². The van der Waals surface area contributed by atoms with E-state index in [1.165, 1.54) is 0 Å². The first-order valence-corrected chi connectivity index (χ1v) is 5.49. The maximum absolute atomic E-state index is 8.84. The van der Waals surface area contributed by atoms with Gasteiger partial charge in [0.25, 0.3) is 0 Å². The third-order valence-electron chi connectivity index (χ3n) is 2.37. The molecule has 0 radical (unpaired) electrons. The first-order valence-electron chi connectivity index (χ1n) is 5.49. The summed E-state index contributed by atoms with van der Waals surface area (Å²) in [5.74, 6) is 1.04. The van der Waals surface area contributed by atoms with Crippen molar-refractivity contribution in [3.63, 3.8) is 0 Å². The molecule has 0 saturated carbocycles. The Balaban J connectivity index is 2.31. The normalized spacial score (nSPS) is 9.74. The summed E-state index contributed by atoms with van der Waals surface area (Å²) in [6, 6.07) is 8.62. The molecule has 19 heavy (non-hydrogen) atoms. The Bertz CT molecular complexity index is 650. The number of hydrogen-bond donors (Lipinski definition) is 1. The van der Waals surface area contributed by atoms with Crippen LogP contribution in [0.1, 0.15) is 11.4 Å². The van der Waals surface area contributed by atoms with Crippen LogP contribution in [0.2, 0.25) is 0 Å². The van der Waals surface area contributed by atoms with Gasteiger partial charge < -0.3 is 15.2 Å². The smallest absolute Gasteiger partial charge is 0.323 e. The lowest BCUT2D eigenvalue weighted by atomic mass is 10.3. The zero-order valence-corrected chi connectivity index (χ0v) is 10.5. The molecule has 2 N–H and O–H groups in total. The van der Waals surface area contributed by atoms with Crippen LogP contribution in [0.15, 0.2) is 24.3 Å². The highest BCUT2D eigenvalue weighted by molar-refractivity contribution is 5.56. The van der Waals surface area contributed by atoms with E-state index in [-0.39, 0.29) is 11.7 Å². The molecule has 0 aliphatic carbocycles. The quantitative estimate of drug-likeness (QED) is 0.844. The summed E-state index contributed by atoms with van der Waals surface area (Å²) in [5.41, 5.74) is 7.13. The fourth-order valence-corrected chi connectivity index (χ4v) is 1.49. The summed E-state index contributed by atoms with van der Waals surface area (Å²) >= 11 is 0. The molecule has 6 heteroatoms. The first-order chi connectivity index (χ1) is 9.12. The predicted molar refractivity (Wildman–Crippen MR) is 69.0 cm³/mol. The van der Waals surface area contributed by atoms with E-state index in [4.69, 9.17) is 20.5 Å². The summed E-state index contributed by atoms with van der Waals surface area (Å²) in [6.07, 6.45) is 0. The molecule has 0 aliphatic heterocycles. The maximum Gasteiger partial charge on any atom is 0.323 e. The minimum absolute atomic E-state index is 0.0911. The Morgan fingerprint density at radius 3 is 2.68 bits per heavy atom. The lowest BCUT2D eigenvalue weighted by molar-refractivity contribution is 0.411.